The third-order valence-corrected chi connectivity index (χ3v) is 11.2. The molecule has 0 saturated carbocycles. The van der Waals surface area contributed by atoms with Crippen molar-refractivity contribution in [2.75, 3.05) is 6.54 Å². The summed E-state index contributed by atoms with van der Waals surface area (Å²) in [5.74, 6) is -1.42. The lowest BCUT2D eigenvalue weighted by Gasteiger charge is -2.35. The molecule has 1 aromatic heterocycles. The van der Waals surface area contributed by atoms with Crippen LogP contribution in [0.15, 0.2) is 69.4 Å². The summed E-state index contributed by atoms with van der Waals surface area (Å²) in [6.07, 6.45) is 3.24. The molecule has 0 saturated heterocycles. The van der Waals surface area contributed by atoms with Crippen LogP contribution >= 0.6 is 0 Å². The number of guanidine groups is 1. The smallest absolute Gasteiger partial charge is 0.329 e. The average Bonchev–Trinajstić information content (AvgIpc) is 3.08. The first-order valence-corrected chi connectivity index (χ1v) is 19.7. The molecule has 0 bridgehead atoms. The minimum atomic E-state index is -4.12. The van der Waals surface area contributed by atoms with E-state index in [4.69, 9.17) is 15.2 Å². The lowest BCUT2D eigenvalue weighted by Crippen LogP contribution is -2.46. The van der Waals surface area contributed by atoms with Crippen molar-refractivity contribution in [1.82, 2.24) is 14.6 Å². The highest BCUT2D eigenvalue weighted by atomic mass is 32.2. The van der Waals surface area contributed by atoms with Crippen LogP contribution in [0.2, 0.25) is 0 Å². The lowest BCUT2D eigenvalue weighted by molar-refractivity contribution is -0.157. The van der Waals surface area contributed by atoms with Crippen LogP contribution < -0.4 is 26.1 Å². The second kappa shape index (κ2) is 15.9. The minimum Gasteiger partial charge on any atom is -0.487 e. The third-order valence-electron chi connectivity index (χ3n) is 9.59. The van der Waals surface area contributed by atoms with E-state index in [2.05, 4.69) is 15.0 Å². The molecule has 0 spiro atoms. The van der Waals surface area contributed by atoms with Crippen LogP contribution in [0.25, 0.3) is 10.8 Å². The number of amides is 1. The monoisotopic (exact) mass is 775 g/mol. The SMILES string of the molecule is Cc1c(C)c(S(=O)(=O)NC(N)=NCCC[C@H](NC(=O)c2cccn(Cc3ccc4cc(F)ccc4c3)c2=O)C(=O)OC(C)(C)C)c(C)c2c1OC(C)(C)CC2. The van der Waals surface area contributed by atoms with Crippen LogP contribution in [0.5, 0.6) is 5.75 Å². The number of benzene rings is 3. The van der Waals surface area contributed by atoms with Gasteiger partial charge in [0.2, 0.25) is 5.96 Å². The number of hydrogen-bond acceptors (Lipinski definition) is 8. The molecule has 12 nitrogen and oxygen atoms in total. The van der Waals surface area contributed by atoms with Crippen LogP contribution in [0.4, 0.5) is 4.39 Å². The van der Waals surface area contributed by atoms with E-state index in [1.807, 2.05) is 26.8 Å². The number of carbonyl (C=O) groups is 2. The average molecular weight is 776 g/mol. The van der Waals surface area contributed by atoms with Crippen molar-refractivity contribution in [3.63, 3.8) is 0 Å². The number of ether oxygens (including phenoxy) is 2. The van der Waals surface area contributed by atoms with Gasteiger partial charge in [-0.3, -0.25) is 14.6 Å². The zero-order chi connectivity index (χ0) is 40.5. The lowest BCUT2D eigenvalue weighted by atomic mass is 9.88. The van der Waals surface area contributed by atoms with E-state index in [1.165, 1.54) is 22.8 Å². The van der Waals surface area contributed by atoms with E-state index in [1.54, 1.807) is 65.1 Å². The van der Waals surface area contributed by atoms with Crippen molar-refractivity contribution >= 4 is 38.6 Å². The summed E-state index contributed by atoms with van der Waals surface area (Å²) in [5, 5.41) is 4.17. The quantitative estimate of drug-likeness (QED) is 0.0751. The van der Waals surface area contributed by atoms with Gasteiger partial charge in [-0.25, -0.2) is 22.3 Å². The zero-order valence-electron chi connectivity index (χ0n) is 32.6. The van der Waals surface area contributed by atoms with Crippen LogP contribution in [0.1, 0.15) is 92.1 Å². The summed E-state index contributed by atoms with van der Waals surface area (Å²) in [6.45, 7) is 14.6. The molecule has 5 rings (SSSR count). The number of aromatic nitrogens is 1. The molecule has 1 aliphatic heterocycles. The molecule has 0 radical (unpaired) electrons. The Labute approximate surface area is 321 Å². The van der Waals surface area contributed by atoms with Gasteiger partial charge in [0.1, 0.15) is 34.4 Å². The van der Waals surface area contributed by atoms with Gasteiger partial charge in [-0.15, -0.1) is 0 Å². The number of nitrogens with two attached hydrogens (primary N) is 1. The van der Waals surface area contributed by atoms with E-state index in [-0.39, 0.29) is 53.8 Å². The Hall–Kier alpha value is -5.24. The van der Waals surface area contributed by atoms with Crippen LogP contribution in [0.3, 0.4) is 0 Å². The molecule has 14 heteroatoms. The maximum Gasteiger partial charge on any atom is 0.329 e. The number of rotatable bonds is 11. The Morgan fingerprint density at radius 3 is 2.45 bits per heavy atom. The first kappa shape index (κ1) is 40.9. The summed E-state index contributed by atoms with van der Waals surface area (Å²) >= 11 is 0. The fourth-order valence-electron chi connectivity index (χ4n) is 6.72. The molecular weight excluding hydrogens is 726 g/mol. The zero-order valence-corrected chi connectivity index (χ0v) is 33.4. The first-order valence-electron chi connectivity index (χ1n) is 18.2. The predicted molar refractivity (Wildman–Crippen MR) is 211 cm³/mol. The molecule has 294 valence electrons. The van der Waals surface area contributed by atoms with Gasteiger partial charge in [-0.05, 0) is 150 Å². The van der Waals surface area contributed by atoms with E-state index in [9.17, 15) is 27.2 Å². The standard InChI is InChI=1S/C41H50FN5O7S/c1-24-25(2)35(26(3)31-17-18-41(7,8)53-34(24)31)55(51,52)46-39(43)44-19-9-12-33(38(50)54-40(4,5)6)45-36(48)32-11-10-20-47(37(32)49)23-27-13-14-29-22-30(42)16-15-28(29)21-27/h10-11,13-16,20-22,33H,9,12,17-19,23H2,1-8H3,(H,45,48)(H3,43,44,46)/t33-/m0/s1. The number of sulfonamides is 1. The van der Waals surface area contributed by atoms with Gasteiger partial charge in [0.15, 0.2) is 0 Å². The van der Waals surface area contributed by atoms with E-state index in [0.717, 1.165) is 39.6 Å². The maximum atomic E-state index is 13.6. The molecule has 0 unspecified atom stereocenters. The number of nitrogens with one attached hydrogen (secondary N) is 2. The van der Waals surface area contributed by atoms with Gasteiger partial charge in [-0.2, -0.15) is 0 Å². The van der Waals surface area contributed by atoms with Crippen molar-refractivity contribution in [3.05, 3.63) is 104 Å². The molecule has 1 atom stereocenters. The molecule has 0 aliphatic carbocycles. The predicted octanol–water partition coefficient (Wildman–Crippen LogP) is 5.73. The number of fused-ring (bicyclic) bond motifs is 2. The molecule has 1 amide bonds. The number of nitrogens with zero attached hydrogens (tertiary/aromatic N) is 2. The van der Waals surface area contributed by atoms with Crippen molar-refractivity contribution < 1.29 is 31.9 Å². The van der Waals surface area contributed by atoms with Crippen LogP contribution in [-0.4, -0.2) is 54.6 Å². The fourth-order valence-corrected chi connectivity index (χ4v) is 8.24. The molecule has 2 heterocycles. The number of pyridine rings is 1. The number of hydrogen-bond donors (Lipinski definition) is 3. The number of halogens is 1. The molecule has 0 fully saturated rings. The van der Waals surface area contributed by atoms with Gasteiger partial charge >= 0.3 is 5.97 Å². The summed E-state index contributed by atoms with van der Waals surface area (Å²) in [4.78, 5) is 44.5. The molecule has 55 heavy (non-hydrogen) atoms. The van der Waals surface area contributed by atoms with Crippen molar-refractivity contribution in [1.29, 1.82) is 0 Å². The van der Waals surface area contributed by atoms with E-state index in [0.29, 0.717) is 17.5 Å². The van der Waals surface area contributed by atoms with Crippen LogP contribution in [-0.2, 0) is 32.5 Å². The topological polar surface area (TPSA) is 171 Å². The summed E-state index contributed by atoms with van der Waals surface area (Å²) in [6, 6.07) is 11.6. The van der Waals surface area contributed by atoms with E-state index >= 15 is 0 Å². The Bertz CT molecular complexity index is 2350. The molecule has 3 aromatic carbocycles. The summed E-state index contributed by atoms with van der Waals surface area (Å²) in [7, 11) is -4.12. The largest absolute Gasteiger partial charge is 0.487 e. The summed E-state index contributed by atoms with van der Waals surface area (Å²) in [5.41, 5.74) is 7.64. The number of esters is 1. The Morgan fingerprint density at radius 2 is 1.75 bits per heavy atom. The first-order chi connectivity index (χ1) is 25.7. The van der Waals surface area contributed by atoms with Gasteiger partial charge in [0, 0.05) is 12.7 Å². The Balaban J connectivity index is 1.27. The highest BCUT2D eigenvalue weighted by molar-refractivity contribution is 7.90. The minimum absolute atomic E-state index is 0.0180. The molecular formula is C41H50FN5O7S. The number of carbonyl (C=O) groups excluding carboxylic acids is 2. The number of aliphatic imine (C=N–C) groups is 1. The van der Waals surface area contributed by atoms with Gasteiger partial charge < -0.3 is 25.1 Å². The van der Waals surface area contributed by atoms with Gasteiger partial charge in [0.25, 0.3) is 21.5 Å². The van der Waals surface area contributed by atoms with Crippen molar-refractivity contribution in [2.24, 2.45) is 10.7 Å². The molecule has 1 aliphatic rings. The Kier molecular flexibility index (Phi) is 11.8. The second-order valence-corrected chi connectivity index (χ2v) is 17.2. The second-order valence-electron chi connectivity index (χ2n) is 15.6. The Morgan fingerprint density at radius 1 is 1.05 bits per heavy atom. The third kappa shape index (κ3) is 9.71. The molecule has 4 aromatic rings. The maximum absolute atomic E-state index is 13.6. The van der Waals surface area contributed by atoms with Crippen molar-refractivity contribution in [3.8, 4) is 5.75 Å². The van der Waals surface area contributed by atoms with Crippen LogP contribution in [0, 0.1) is 26.6 Å². The normalized spacial score (nSPS) is 14.8. The fraction of sp³-hybridized carbons (Fsp3) is 0.415. The highest BCUT2D eigenvalue weighted by Crippen LogP contribution is 2.42. The highest BCUT2D eigenvalue weighted by Gasteiger charge is 2.34. The van der Waals surface area contributed by atoms with E-state index < -0.39 is 39.1 Å². The van der Waals surface area contributed by atoms with Crippen molar-refractivity contribution in [2.45, 2.75) is 110 Å². The van der Waals surface area contributed by atoms with Gasteiger partial charge in [-0.1, -0.05) is 18.2 Å². The molecule has 4 N–H and O–H groups in total. The van der Waals surface area contributed by atoms with Gasteiger partial charge in [0.05, 0.1) is 11.4 Å². The summed E-state index contributed by atoms with van der Waals surface area (Å²) < 4.78 is 56.5.